The Balaban J connectivity index is 1.57. The van der Waals surface area contributed by atoms with Gasteiger partial charge >= 0.3 is 0 Å². The molecule has 0 spiro atoms. The zero-order valence-corrected chi connectivity index (χ0v) is 15.3. The van der Waals surface area contributed by atoms with E-state index in [9.17, 15) is 4.79 Å². The van der Waals surface area contributed by atoms with Crippen LogP contribution >= 0.6 is 0 Å². The average Bonchev–Trinajstić information content (AvgIpc) is 3.07. The van der Waals surface area contributed by atoms with Gasteiger partial charge in [-0.15, -0.1) is 0 Å². The van der Waals surface area contributed by atoms with E-state index < -0.39 is 0 Å². The fourth-order valence-corrected chi connectivity index (χ4v) is 3.77. The Kier molecular flexibility index (Phi) is 5.36. The highest BCUT2D eigenvalue weighted by Gasteiger charge is 2.25. The SMILES string of the molecule is Cc1cc(N2CCN(C(=O)CC3CCCC3)CC2)nc(C(C)C)n1. The molecule has 0 atom stereocenters. The molecule has 2 heterocycles. The maximum absolute atomic E-state index is 12.5. The highest BCUT2D eigenvalue weighted by molar-refractivity contribution is 5.76. The molecule has 1 aromatic rings. The minimum atomic E-state index is 0.331. The van der Waals surface area contributed by atoms with Crippen LogP contribution in [0.1, 0.15) is 63.4 Å². The Morgan fingerprint density at radius 3 is 2.46 bits per heavy atom. The van der Waals surface area contributed by atoms with E-state index in [2.05, 4.69) is 29.8 Å². The summed E-state index contributed by atoms with van der Waals surface area (Å²) >= 11 is 0. The van der Waals surface area contributed by atoms with Crippen molar-refractivity contribution in [1.82, 2.24) is 14.9 Å². The normalized spacial score (nSPS) is 19.3. The van der Waals surface area contributed by atoms with Gasteiger partial charge in [0.25, 0.3) is 0 Å². The van der Waals surface area contributed by atoms with Crippen molar-refractivity contribution in [3.05, 3.63) is 17.6 Å². The summed E-state index contributed by atoms with van der Waals surface area (Å²) in [7, 11) is 0. The minimum Gasteiger partial charge on any atom is -0.353 e. The molecule has 24 heavy (non-hydrogen) atoms. The van der Waals surface area contributed by atoms with E-state index in [4.69, 9.17) is 4.98 Å². The van der Waals surface area contributed by atoms with Crippen LogP contribution in [-0.4, -0.2) is 47.0 Å². The molecule has 1 saturated heterocycles. The van der Waals surface area contributed by atoms with Gasteiger partial charge in [-0.2, -0.15) is 0 Å². The first-order chi connectivity index (χ1) is 11.5. The molecule has 0 bridgehead atoms. The van der Waals surface area contributed by atoms with Crippen molar-refractivity contribution in [3.63, 3.8) is 0 Å². The smallest absolute Gasteiger partial charge is 0.222 e. The Labute approximate surface area is 145 Å². The van der Waals surface area contributed by atoms with E-state index in [-0.39, 0.29) is 0 Å². The average molecular weight is 330 g/mol. The van der Waals surface area contributed by atoms with Gasteiger partial charge in [0.2, 0.25) is 5.91 Å². The lowest BCUT2D eigenvalue weighted by Gasteiger charge is -2.36. The molecular formula is C19H30N4O. The van der Waals surface area contributed by atoms with Crippen LogP contribution in [0.4, 0.5) is 5.82 Å². The number of piperazine rings is 1. The molecule has 132 valence electrons. The number of anilines is 1. The number of carbonyl (C=O) groups is 1. The third-order valence-electron chi connectivity index (χ3n) is 5.27. The van der Waals surface area contributed by atoms with Crippen molar-refractivity contribution in [2.75, 3.05) is 31.1 Å². The maximum Gasteiger partial charge on any atom is 0.222 e. The Hall–Kier alpha value is -1.65. The van der Waals surface area contributed by atoms with Gasteiger partial charge in [0.05, 0.1) is 0 Å². The van der Waals surface area contributed by atoms with Crippen molar-refractivity contribution in [3.8, 4) is 0 Å². The summed E-state index contributed by atoms with van der Waals surface area (Å²) < 4.78 is 0. The topological polar surface area (TPSA) is 49.3 Å². The molecule has 5 heteroatoms. The summed E-state index contributed by atoms with van der Waals surface area (Å²) in [6.07, 6.45) is 5.84. The second kappa shape index (κ2) is 7.49. The molecule has 3 rings (SSSR count). The van der Waals surface area contributed by atoms with Crippen molar-refractivity contribution >= 4 is 11.7 Å². The molecule has 0 aromatic carbocycles. The van der Waals surface area contributed by atoms with Crippen molar-refractivity contribution in [2.24, 2.45) is 5.92 Å². The van der Waals surface area contributed by atoms with Crippen LogP contribution in [0.15, 0.2) is 6.07 Å². The fourth-order valence-electron chi connectivity index (χ4n) is 3.77. The van der Waals surface area contributed by atoms with Gasteiger partial charge in [-0.25, -0.2) is 9.97 Å². The third-order valence-corrected chi connectivity index (χ3v) is 5.27. The zero-order chi connectivity index (χ0) is 17.1. The van der Waals surface area contributed by atoms with E-state index in [0.717, 1.165) is 49.9 Å². The van der Waals surface area contributed by atoms with Crippen LogP contribution in [0.5, 0.6) is 0 Å². The highest BCUT2D eigenvalue weighted by Crippen LogP contribution is 2.28. The first-order valence-corrected chi connectivity index (χ1v) is 9.41. The molecular weight excluding hydrogens is 300 g/mol. The number of aryl methyl sites for hydroxylation is 1. The van der Waals surface area contributed by atoms with E-state index in [1.807, 2.05) is 11.8 Å². The lowest BCUT2D eigenvalue weighted by atomic mass is 10.0. The monoisotopic (exact) mass is 330 g/mol. The fraction of sp³-hybridized carbons (Fsp3) is 0.737. The quantitative estimate of drug-likeness (QED) is 0.851. The number of nitrogens with zero attached hydrogens (tertiary/aromatic N) is 4. The lowest BCUT2D eigenvalue weighted by molar-refractivity contribution is -0.132. The van der Waals surface area contributed by atoms with Gasteiger partial charge in [0.1, 0.15) is 11.6 Å². The Morgan fingerprint density at radius 1 is 1.17 bits per heavy atom. The van der Waals surface area contributed by atoms with Gasteiger partial charge in [0.15, 0.2) is 0 Å². The minimum absolute atomic E-state index is 0.331. The molecule has 1 aliphatic heterocycles. The Morgan fingerprint density at radius 2 is 1.83 bits per heavy atom. The van der Waals surface area contributed by atoms with E-state index in [1.165, 1.54) is 25.7 Å². The van der Waals surface area contributed by atoms with E-state index >= 15 is 0 Å². The van der Waals surface area contributed by atoms with Gasteiger partial charge in [-0.3, -0.25) is 4.79 Å². The molecule has 0 unspecified atom stereocenters. The largest absolute Gasteiger partial charge is 0.353 e. The molecule has 0 radical (unpaired) electrons. The van der Waals surface area contributed by atoms with E-state index in [1.54, 1.807) is 0 Å². The number of amides is 1. The van der Waals surface area contributed by atoms with Crippen LogP contribution in [-0.2, 0) is 4.79 Å². The van der Waals surface area contributed by atoms with Crippen molar-refractivity contribution < 1.29 is 4.79 Å². The molecule has 1 saturated carbocycles. The van der Waals surface area contributed by atoms with Crippen LogP contribution in [0.2, 0.25) is 0 Å². The summed E-state index contributed by atoms with van der Waals surface area (Å²) in [5.41, 5.74) is 1.02. The second-order valence-electron chi connectivity index (χ2n) is 7.60. The summed E-state index contributed by atoms with van der Waals surface area (Å²) in [5.74, 6) is 3.23. The summed E-state index contributed by atoms with van der Waals surface area (Å²) in [5, 5.41) is 0. The molecule has 2 aliphatic rings. The molecule has 1 aromatic heterocycles. The van der Waals surface area contributed by atoms with Gasteiger partial charge in [-0.05, 0) is 25.7 Å². The number of hydrogen-bond donors (Lipinski definition) is 0. The van der Waals surface area contributed by atoms with Crippen LogP contribution in [0.25, 0.3) is 0 Å². The van der Waals surface area contributed by atoms with E-state index in [0.29, 0.717) is 17.7 Å². The number of rotatable bonds is 4. The van der Waals surface area contributed by atoms with Crippen LogP contribution < -0.4 is 4.90 Å². The Bertz CT molecular complexity index is 573. The first kappa shape index (κ1) is 17.2. The molecule has 5 nitrogen and oxygen atoms in total. The summed E-state index contributed by atoms with van der Waals surface area (Å²) in [6, 6.07) is 2.06. The number of carbonyl (C=O) groups excluding carboxylic acids is 1. The zero-order valence-electron chi connectivity index (χ0n) is 15.3. The summed E-state index contributed by atoms with van der Waals surface area (Å²) in [6.45, 7) is 9.63. The second-order valence-corrected chi connectivity index (χ2v) is 7.60. The van der Waals surface area contributed by atoms with Crippen molar-refractivity contribution in [1.29, 1.82) is 0 Å². The van der Waals surface area contributed by atoms with Crippen LogP contribution in [0.3, 0.4) is 0 Å². The predicted octanol–water partition coefficient (Wildman–Crippen LogP) is 3.14. The van der Waals surface area contributed by atoms with Gasteiger partial charge in [-0.1, -0.05) is 26.7 Å². The summed E-state index contributed by atoms with van der Waals surface area (Å²) in [4.78, 5) is 26.1. The molecule has 0 N–H and O–H groups in total. The molecule has 1 amide bonds. The van der Waals surface area contributed by atoms with Gasteiger partial charge in [0, 0.05) is 50.3 Å². The van der Waals surface area contributed by atoms with Crippen molar-refractivity contribution in [2.45, 2.75) is 58.8 Å². The lowest BCUT2D eigenvalue weighted by Crippen LogP contribution is -2.49. The maximum atomic E-state index is 12.5. The molecule has 1 aliphatic carbocycles. The van der Waals surface area contributed by atoms with Gasteiger partial charge < -0.3 is 9.80 Å². The third kappa shape index (κ3) is 4.05. The number of aromatic nitrogens is 2. The highest BCUT2D eigenvalue weighted by atomic mass is 16.2. The predicted molar refractivity (Wildman–Crippen MR) is 96.2 cm³/mol. The molecule has 2 fully saturated rings. The van der Waals surface area contributed by atoms with Crippen LogP contribution in [0, 0.1) is 12.8 Å². The first-order valence-electron chi connectivity index (χ1n) is 9.41. The number of hydrogen-bond acceptors (Lipinski definition) is 4. The standard InChI is InChI=1S/C19H30N4O/c1-14(2)19-20-15(3)12-17(21-19)22-8-10-23(11-9-22)18(24)13-16-6-4-5-7-16/h12,14,16H,4-11,13H2,1-3H3.